The first-order valence-electron chi connectivity index (χ1n) is 5.43. The van der Waals surface area contributed by atoms with Gasteiger partial charge in [-0.1, -0.05) is 12.8 Å². The van der Waals surface area contributed by atoms with Crippen LogP contribution in [0.2, 0.25) is 0 Å². The highest BCUT2D eigenvalue weighted by Crippen LogP contribution is 2.04. The second-order valence-corrected chi connectivity index (χ2v) is 4.00. The Hall–Kier alpha value is 0.130. The van der Waals surface area contributed by atoms with Gasteiger partial charge in [-0.2, -0.15) is 12.6 Å². The minimum Gasteiger partial charge on any atom is -0.395 e. The van der Waals surface area contributed by atoms with E-state index in [9.17, 15) is 8.78 Å². The molecule has 0 fully saturated rings. The van der Waals surface area contributed by atoms with Crippen LogP contribution in [0, 0.1) is 0 Å². The summed E-state index contributed by atoms with van der Waals surface area (Å²) in [7, 11) is 0. The Morgan fingerprint density at radius 3 is 2.27 bits per heavy atom. The molecule has 0 aliphatic heterocycles. The van der Waals surface area contributed by atoms with Gasteiger partial charge in [-0.15, -0.1) is 0 Å². The molecular weight excluding hydrogens is 220 g/mol. The van der Waals surface area contributed by atoms with Crippen LogP contribution in [0.4, 0.5) is 8.78 Å². The summed E-state index contributed by atoms with van der Waals surface area (Å²) in [5.74, 6) is 0.886. The summed E-state index contributed by atoms with van der Waals surface area (Å²) >= 11 is 4.10. The normalized spacial score (nSPS) is 11.6. The summed E-state index contributed by atoms with van der Waals surface area (Å²) in [6, 6.07) is 0. The van der Waals surface area contributed by atoms with E-state index in [-0.39, 0.29) is 13.2 Å². The van der Waals surface area contributed by atoms with E-state index in [0.29, 0.717) is 13.1 Å². The summed E-state index contributed by atoms with van der Waals surface area (Å²) in [5.41, 5.74) is 0. The van der Waals surface area contributed by atoms with Gasteiger partial charge in [0, 0.05) is 6.54 Å². The summed E-state index contributed by atoms with van der Waals surface area (Å²) in [6.07, 6.45) is 1.84. The number of rotatable bonds is 10. The number of nitrogens with zero attached hydrogens (tertiary/aromatic N) is 1. The average molecular weight is 241 g/mol. The number of aliphatic hydroxyl groups excluding tert-OH is 1. The monoisotopic (exact) mass is 241 g/mol. The largest absolute Gasteiger partial charge is 0.395 e. The van der Waals surface area contributed by atoms with E-state index in [0.717, 1.165) is 31.4 Å². The highest BCUT2D eigenvalue weighted by molar-refractivity contribution is 7.80. The van der Waals surface area contributed by atoms with Gasteiger partial charge in [0.2, 0.25) is 0 Å². The second-order valence-electron chi connectivity index (χ2n) is 3.55. The third-order valence-electron chi connectivity index (χ3n) is 2.19. The molecule has 0 aliphatic carbocycles. The highest BCUT2D eigenvalue weighted by Gasteiger charge is 2.10. The van der Waals surface area contributed by atoms with E-state index in [1.165, 1.54) is 0 Å². The lowest BCUT2D eigenvalue weighted by Crippen LogP contribution is -2.32. The van der Waals surface area contributed by atoms with Gasteiger partial charge in [-0.3, -0.25) is 4.90 Å². The number of aliphatic hydroxyl groups is 1. The maximum Gasteiger partial charge on any atom is 0.251 e. The van der Waals surface area contributed by atoms with Crippen molar-refractivity contribution in [1.29, 1.82) is 0 Å². The average Bonchev–Trinajstić information content (AvgIpc) is 2.17. The number of hydrogen-bond acceptors (Lipinski definition) is 3. The summed E-state index contributed by atoms with van der Waals surface area (Å²) < 4.78 is 24.2. The zero-order valence-electron chi connectivity index (χ0n) is 9.04. The lowest BCUT2D eigenvalue weighted by Gasteiger charge is -2.20. The first kappa shape index (κ1) is 15.1. The molecule has 0 saturated carbocycles. The molecule has 0 aromatic carbocycles. The molecule has 2 nitrogen and oxygen atoms in total. The lowest BCUT2D eigenvalue weighted by molar-refractivity contribution is 0.0774. The first-order chi connectivity index (χ1) is 7.20. The van der Waals surface area contributed by atoms with Crippen LogP contribution in [0.5, 0.6) is 0 Å². The fourth-order valence-electron chi connectivity index (χ4n) is 1.43. The van der Waals surface area contributed by atoms with E-state index in [1.807, 2.05) is 0 Å². The predicted molar refractivity (Wildman–Crippen MR) is 61.9 cm³/mol. The van der Waals surface area contributed by atoms with Crippen LogP contribution in [0.1, 0.15) is 25.7 Å². The molecule has 15 heavy (non-hydrogen) atoms. The molecule has 0 saturated heterocycles. The SMILES string of the molecule is OCCN(CCCCCCS)CC(F)F. The van der Waals surface area contributed by atoms with Crippen LogP contribution in [-0.2, 0) is 0 Å². The van der Waals surface area contributed by atoms with Gasteiger partial charge in [0.05, 0.1) is 13.2 Å². The van der Waals surface area contributed by atoms with Gasteiger partial charge in [0.1, 0.15) is 0 Å². The van der Waals surface area contributed by atoms with Gasteiger partial charge in [-0.05, 0) is 25.1 Å². The number of halogens is 2. The fourth-order valence-corrected chi connectivity index (χ4v) is 1.66. The molecule has 92 valence electrons. The topological polar surface area (TPSA) is 23.5 Å². The standard InChI is InChI=1S/C10H21F2NOS/c11-10(12)9-13(6-7-14)5-3-1-2-4-8-15/h10,14-15H,1-9H2. The molecule has 5 heteroatoms. The minimum absolute atomic E-state index is 0.0522. The van der Waals surface area contributed by atoms with Gasteiger partial charge in [-0.25, -0.2) is 8.78 Å². The van der Waals surface area contributed by atoms with Crippen molar-refractivity contribution in [3.8, 4) is 0 Å². The van der Waals surface area contributed by atoms with Crippen LogP contribution in [-0.4, -0.2) is 48.4 Å². The van der Waals surface area contributed by atoms with Crippen molar-refractivity contribution in [2.45, 2.75) is 32.1 Å². The molecule has 0 atom stereocenters. The predicted octanol–water partition coefficient (Wildman–Crippen LogP) is 2.04. The molecule has 0 unspecified atom stereocenters. The Morgan fingerprint density at radius 2 is 1.73 bits per heavy atom. The molecule has 0 aromatic rings. The second kappa shape index (κ2) is 10.6. The minimum atomic E-state index is -2.31. The number of unbranched alkanes of at least 4 members (excludes halogenated alkanes) is 3. The molecule has 0 amide bonds. The fraction of sp³-hybridized carbons (Fsp3) is 1.00. The summed E-state index contributed by atoms with van der Waals surface area (Å²) in [6.45, 7) is 0.713. The van der Waals surface area contributed by atoms with Crippen molar-refractivity contribution in [3.05, 3.63) is 0 Å². The van der Waals surface area contributed by atoms with Crippen LogP contribution in [0.25, 0.3) is 0 Å². The third kappa shape index (κ3) is 10.4. The van der Waals surface area contributed by atoms with Crippen molar-refractivity contribution in [2.75, 3.05) is 32.0 Å². The van der Waals surface area contributed by atoms with Crippen LogP contribution >= 0.6 is 12.6 Å². The molecule has 0 rings (SSSR count). The van der Waals surface area contributed by atoms with Crippen molar-refractivity contribution in [3.63, 3.8) is 0 Å². The zero-order valence-corrected chi connectivity index (χ0v) is 9.93. The van der Waals surface area contributed by atoms with Gasteiger partial charge in [0.15, 0.2) is 0 Å². The van der Waals surface area contributed by atoms with Crippen molar-refractivity contribution in [1.82, 2.24) is 4.90 Å². The smallest absolute Gasteiger partial charge is 0.251 e. The number of thiol groups is 1. The number of alkyl halides is 2. The Labute approximate surface area is 96.1 Å². The molecule has 0 radical (unpaired) electrons. The van der Waals surface area contributed by atoms with E-state index < -0.39 is 6.43 Å². The van der Waals surface area contributed by atoms with E-state index in [4.69, 9.17) is 5.11 Å². The van der Waals surface area contributed by atoms with Crippen molar-refractivity contribution in [2.24, 2.45) is 0 Å². The van der Waals surface area contributed by atoms with E-state index in [2.05, 4.69) is 12.6 Å². The Kier molecular flexibility index (Phi) is 10.7. The van der Waals surface area contributed by atoms with Crippen LogP contribution in [0.15, 0.2) is 0 Å². The Morgan fingerprint density at radius 1 is 1.07 bits per heavy atom. The number of hydrogen-bond donors (Lipinski definition) is 2. The third-order valence-corrected chi connectivity index (χ3v) is 2.51. The molecule has 0 aromatic heterocycles. The first-order valence-corrected chi connectivity index (χ1v) is 6.06. The quantitative estimate of drug-likeness (QED) is 0.451. The van der Waals surface area contributed by atoms with E-state index in [1.54, 1.807) is 4.90 Å². The maximum atomic E-state index is 12.1. The van der Waals surface area contributed by atoms with Gasteiger partial charge in [0.25, 0.3) is 6.43 Å². The van der Waals surface area contributed by atoms with Crippen molar-refractivity contribution < 1.29 is 13.9 Å². The molecule has 0 bridgehead atoms. The zero-order chi connectivity index (χ0) is 11.5. The molecule has 1 N–H and O–H groups in total. The lowest BCUT2D eigenvalue weighted by atomic mass is 10.2. The molecule has 0 spiro atoms. The summed E-state index contributed by atoms with van der Waals surface area (Å²) in [5, 5.41) is 8.69. The molecule has 0 aliphatic rings. The van der Waals surface area contributed by atoms with Gasteiger partial charge < -0.3 is 5.11 Å². The highest BCUT2D eigenvalue weighted by atomic mass is 32.1. The Bertz CT molecular complexity index is 139. The van der Waals surface area contributed by atoms with Crippen LogP contribution < -0.4 is 0 Å². The van der Waals surface area contributed by atoms with Crippen LogP contribution in [0.3, 0.4) is 0 Å². The Balaban J connectivity index is 3.47. The van der Waals surface area contributed by atoms with Crippen molar-refractivity contribution >= 4 is 12.6 Å². The summed E-state index contributed by atoms with van der Waals surface area (Å²) in [4.78, 5) is 1.62. The molecular formula is C10H21F2NOS. The van der Waals surface area contributed by atoms with E-state index >= 15 is 0 Å². The van der Waals surface area contributed by atoms with Gasteiger partial charge >= 0.3 is 0 Å². The maximum absolute atomic E-state index is 12.1. The molecule has 0 heterocycles.